The highest BCUT2D eigenvalue weighted by Gasteiger charge is 2.11. The largest absolute Gasteiger partial charge is 0.493 e. The smallest absolute Gasteiger partial charge is 0.220 e. The van der Waals surface area contributed by atoms with Crippen molar-refractivity contribution < 1.29 is 14.3 Å². The van der Waals surface area contributed by atoms with Gasteiger partial charge in [0.1, 0.15) is 5.82 Å². The first-order chi connectivity index (χ1) is 15.2. The number of aryl methyl sites for hydroxylation is 1. The molecule has 0 aliphatic heterocycles. The molecule has 1 aromatic heterocycles. The topological polar surface area (TPSA) is 65.4 Å². The van der Waals surface area contributed by atoms with Crippen LogP contribution in [0.5, 0.6) is 11.5 Å². The first-order valence-corrected chi connectivity index (χ1v) is 10.8. The molecule has 0 bridgehead atoms. The minimum atomic E-state index is 0.0278. The molecule has 0 aliphatic carbocycles. The number of imidazole rings is 1. The number of carbonyl (C=O) groups excluding carboxylic acids is 1. The molecule has 0 saturated carbocycles. The van der Waals surface area contributed by atoms with Gasteiger partial charge in [0, 0.05) is 13.0 Å². The number of unbranched alkanes of at least 4 members (excludes halogenated alkanes) is 1. The monoisotopic (exact) mass is 421 g/mol. The van der Waals surface area contributed by atoms with E-state index in [4.69, 9.17) is 14.5 Å². The van der Waals surface area contributed by atoms with E-state index >= 15 is 0 Å². The number of ether oxygens (including phenoxy) is 2. The molecule has 6 nitrogen and oxygen atoms in total. The van der Waals surface area contributed by atoms with Crippen molar-refractivity contribution >= 4 is 16.9 Å². The number of nitrogens with zero attached hydrogens (tertiary/aromatic N) is 2. The minimum absolute atomic E-state index is 0.0278. The van der Waals surface area contributed by atoms with E-state index < -0.39 is 0 Å². The maximum absolute atomic E-state index is 11.7. The van der Waals surface area contributed by atoms with Crippen molar-refractivity contribution in [1.29, 1.82) is 0 Å². The molecule has 1 heterocycles. The Morgan fingerprint density at radius 3 is 2.81 bits per heavy atom. The van der Waals surface area contributed by atoms with E-state index in [2.05, 4.69) is 22.5 Å². The number of allylic oxidation sites excluding steroid dienone is 1. The Labute approximate surface area is 183 Å². The van der Waals surface area contributed by atoms with Crippen molar-refractivity contribution in [2.75, 3.05) is 13.7 Å². The van der Waals surface area contributed by atoms with Crippen molar-refractivity contribution in [3.05, 3.63) is 66.5 Å². The highest BCUT2D eigenvalue weighted by atomic mass is 16.5. The average molecular weight is 422 g/mol. The van der Waals surface area contributed by atoms with E-state index in [1.807, 2.05) is 49.4 Å². The SMILES string of the molecule is C=CCc1ccc(OCCCCn2c(CNC(=O)CC)nc3ccccc32)c(OC)c1. The molecule has 0 spiro atoms. The summed E-state index contributed by atoms with van der Waals surface area (Å²) in [6.07, 6.45) is 4.97. The van der Waals surface area contributed by atoms with Crippen molar-refractivity contribution in [2.45, 2.75) is 45.7 Å². The first-order valence-electron chi connectivity index (χ1n) is 10.8. The molecule has 1 amide bonds. The number of rotatable bonds is 12. The summed E-state index contributed by atoms with van der Waals surface area (Å²) in [5, 5.41) is 2.93. The Hall–Kier alpha value is -3.28. The first kappa shape index (κ1) is 22.4. The van der Waals surface area contributed by atoms with Gasteiger partial charge in [0.15, 0.2) is 11.5 Å². The quantitative estimate of drug-likeness (QED) is 0.341. The van der Waals surface area contributed by atoms with Crippen LogP contribution in [0.15, 0.2) is 55.1 Å². The van der Waals surface area contributed by atoms with Gasteiger partial charge in [-0.05, 0) is 49.1 Å². The van der Waals surface area contributed by atoms with Crippen LogP contribution in [0.1, 0.15) is 37.6 Å². The van der Waals surface area contributed by atoms with E-state index in [-0.39, 0.29) is 5.91 Å². The maximum Gasteiger partial charge on any atom is 0.220 e. The van der Waals surface area contributed by atoms with Crippen LogP contribution in [0.4, 0.5) is 0 Å². The van der Waals surface area contributed by atoms with Gasteiger partial charge in [-0.1, -0.05) is 31.2 Å². The van der Waals surface area contributed by atoms with E-state index in [9.17, 15) is 4.79 Å². The Morgan fingerprint density at radius 1 is 1.19 bits per heavy atom. The summed E-state index contributed by atoms with van der Waals surface area (Å²) in [6.45, 7) is 7.48. The van der Waals surface area contributed by atoms with Gasteiger partial charge in [-0.25, -0.2) is 4.98 Å². The lowest BCUT2D eigenvalue weighted by molar-refractivity contribution is -0.120. The third-order valence-electron chi connectivity index (χ3n) is 5.14. The molecule has 0 radical (unpaired) electrons. The zero-order chi connectivity index (χ0) is 22.1. The van der Waals surface area contributed by atoms with Crippen LogP contribution >= 0.6 is 0 Å². The molecule has 1 N–H and O–H groups in total. The van der Waals surface area contributed by atoms with Crippen molar-refractivity contribution in [1.82, 2.24) is 14.9 Å². The molecule has 2 aromatic carbocycles. The molecule has 0 atom stereocenters. The normalized spacial score (nSPS) is 10.8. The summed E-state index contributed by atoms with van der Waals surface area (Å²) >= 11 is 0. The zero-order valence-corrected chi connectivity index (χ0v) is 18.4. The third-order valence-corrected chi connectivity index (χ3v) is 5.14. The van der Waals surface area contributed by atoms with Gasteiger partial charge in [0.05, 0.1) is 31.3 Å². The number of aromatic nitrogens is 2. The summed E-state index contributed by atoms with van der Waals surface area (Å²) in [4.78, 5) is 16.4. The van der Waals surface area contributed by atoms with E-state index in [1.165, 1.54) is 0 Å². The molecular formula is C25H31N3O3. The van der Waals surface area contributed by atoms with Gasteiger partial charge in [-0.2, -0.15) is 0 Å². The summed E-state index contributed by atoms with van der Waals surface area (Å²) in [5.74, 6) is 2.41. The van der Waals surface area contributed by atoms with Crippen LogP contribution in [-0.4, -0.2) is 29.2 Å². The van der Waals surface area contributed by atoms with Crippen LogP contribution in [0, 0.1) is 0 Å². The lowest BCUT2D eigenvalue weighted by Gasteiger charge is -2.13. The Morgan fingerprint density at radius 2 is 2.03 bits per heavy atom. The van der Waals surface area contributed by atoms with E-state index in [1.54, 1.807) is 7.11 Å². The maximum atomic E-state index is 11.7. The lowest BCUT2D eigenvalue weighted by atomic mass is 10.1. The molecule has 0 saturated heterocycles. The van der Waals surface area contributed by atoms with Gasteiger partial charge < -0.3 is 19.4 Å². The molecule has 3 aromatic rings. The molecule has 0 fully saturated rings. The number of hydrogen-bond donors (Lipinski definition) is 1. The second-order valence-electron chi connectivity index (χ2n) is 7.33. The Balaban J connectivity index is 1.58. The number of fused-ring (bicyclic) bond motifs is 1. The van der Waals surface area contributed by atoms with Gasteiger partial charge in [0.25, 0.3) is 0 Å². The number of nitrogens with one attached hydrogen (secondary N) is 1. The fourth-order valence-corrected chi connectivity index (χ4v) is 3.49. The molecule has 3 rings (SSSR count). The van der Waals surface area contributed by atoms with Gasteiger partial charge >= 0.3 is 0 Å². The van der Waals surface area contributed by atoms with Crippen LogP contribution in [0.25, 0.3) is 11.0 Å². The number of carbonyl (C=O) groups is 1. The zero-order valence-electron chi connectivity index (χ0n) is 18.4. The molecule has 0 unspecified atom stereocenters. The van der Waals surface area contributed by atoms with Crippen LogP contribution in [0.3, 0.4) is 0 Å². The number of para-hydroxylation sites is 2. The molecule has 0 aliphatic rings. The standard InChI is InChI=1S/C25H31N3O3/c1-4-10-19-13-14-22(23(17-19)30-3)31-16-9-8-15-28-21-12-7-6-11-20(21)27-24(28)18-26-25(29)5-2/h4,6-7,11-14,17H,1,5,8-10,15-16,18H2,2-3H3,(H,26,29). The average Bonchev–Trinajstić information content (AvgIpc) is 3.15. The summed E-state index contributed by atoms with van der Waals surface area (Å²) in [5.41, 5.74) is 3.18. The fourth-order valence-electron chi connectivity index (χ4n) is 3.49. The number of amides is 1. The predicted octanol–water partition coefficient (Wildman–Crippen LogP) is 4.66. The lowest BCUT2D eigenvalue weighted by Crippen LogP contribution is -2.23. The number of methoxy groups -OCH3 is 1. The predicted molar refractivity (Wildman–Crippen MR) is 123 cm³/mol. The molecule has 164 valence electrons. The van der Waals surface area contributed by atoms with E-state index in [0.717, 1.165) is 59.7 Å². The second kappa shape index (κ2) is 11.2. The highest BCUT2D eigenvalue weighted by molar-refractivity contribution is 5.77. The number of hydrogen-bond acceptors (Lipinski definition) is 4. The summed E-state index contributed by atoms with van der Waals surface area (Å²) in [6, 6.07) is 14.0. The Bertz CT molecular complexity index is 1030. The van der Waals surface area contributed by atoms with Crippen molar-refractivity contribution in [3.63, 3.8) is 0 Å². The Kier molecular flexibility index (Phi) is 8.10. The molecule has 31 heavy (non-hydrogen) atoms. The number of benzene rings is 2. The highest BCUT2D eigenvalue weighted by Crippen LogP contribution is 2.28. The van der Waals surface area contributed by atoms with Crippen molar-refractivity contribution in [2.24, 2.45) is 0 Å². The van der Waals surface area contributed by atoms with Gasteiger partial charge in [-0.3, -0.25) is 4.79 Å². The second-order valence-corrected chi connectivity index (χ2v) is 7.33. The van der Waals surface area contributed by atoms with Gasteiger partial charge in [-0.15, -0.1) is 6.58 Å². The van der Waals surface area contributed by atoms with Crippen LogP contribution in [0.2, 0.25) is 0 Å². The van der Waals surface area contributed by atoms with Gasteiger partial charge in [0.2, 0.25) is 5.91 Å². The van der Waals surface area contributed by atoms with Crippen molar-refractivity contribution in [3.8, 4) is 11.5 Å². The summed E-state index contributed by atoms with van der Waals surface area (Å²) < 4.78 is 13.6. The van der Waals surface area contributed by atoms with E-state index in [0.29, 0.717) is 19.6 Å². The third kappa shape index (κ3) is 5.87. The summed E-state index contributed by atoms with van der Waals surface area (Å²) in [7, 11) is 1.66. The molecule has 6 heteroatoms. The molecular weight excluding hydrogens is 390 g/mol. The van der Waals surface area contributed by atoms with Crippen LogP contribution in [-0.2, 0) is 24.3 Å². The minimum Gasteiger partial charge on any atom is -0.493 e. The fraction of sp³-hybridized carbons (Fsp3) is 0.360. The van der Waals surface area contributed by atoms with Crippen LogP contribution < -0.4 is 14.8 Å².